The Balaban J connectivity index is 1.90. The molecular weight excluding hydrogens is 320 g/mol. The Morgan fingerprint density at radius 2 is 2.13 bits per heavy atom. The van der Waals surface area contributed by atoms with Crippen LogP contribution in [0.2, 0.25) is 0 Å². The molecule has 120 valence electrons. The number of methoxy groups -OCH3 is 1. The van der Waals surface area contributed by atoms with Crippen LogP contribution >= 0.6 is 0 Å². The van der Waals surface area contributed by atoms with Gasteiger partial charge in [-0.1, -0.05) is 0 Å². The van der Waals surface area contributed by atoms with Crippen LogP contribution in [0.5, 0.6) is 5.75 Å². The van der Waals surface area contributed by atoms with Gasteiger partial charge in [-0.25, -0.2) is 8.42 Å². The standard InChI is InChI=1S/C15H14N2O5S/c1-22-11-3-2-9-6-12(15(19)17-13(9)7-11)14(18)16-10-4-5-23(20,21)8-10/h2-7,10H,8H2,1H3,(H,16,18)(H,17,19)/t10-/m1/s1. The van der Waals surface area contributed by atoms with Gasteiger partial charge in [0.25, 0.3) is 11.5 Å². The summed E-state index contributed by atoms with van der Waals surface area (Å²) < 4.78 is 27.8. The van der Waals surface area contributed by atoms with Crippen molar-refractivity contribution in [2.75, 3.05) is 12.9 Å². The lowest BCUT2D eigenvalue weighted by molar-refractivity contribution is 0.0946. The van der Waals surface area contributed by atoms with Crippen molar-refractivity contribution >= 4 is 26.6 Å². The van der Waals surface area contributed by atoms with Crippen molar-refractivity contribution in [3.8, 4) is 5.75 Å². The summed E-state index contributed by atoms with van der Waals surface area (Å²) in [6, 6.07) is 5.94. The number of hydrogen-bond donors (Lipinski definition) is 2. The smallest absolute Gasteiger partial charge is 0.261 e. The van der Waals surface area contributed by atoms with E-state index in [1.54, 1.807) is 18.2 Å². The average Bonchev–Trinajstić information content (AvgIpc) is 2.84. The summed E-state index contributed by atoms with van der Waals surface area (Å²) in [4.78, 5) is 26.9. The highest BCUT2D eigenvalue weighted by atomic mass is 32.2. The third-order valence-electron chi connectivity index (χ3n) is 3.54. The molecule has 8 heteroatoms. The maximum Gasteiger partial charge on any atom is 0.261 e. The Morgan fingerprint density at radius 1 is 1.35 bits per heavy atom. The number of hydrogen-bond acceptors (Lipinski definition) is 5. The topological polar surface area (TPSA) is 105 Å². The molecular formula is C15H14N2O5S. The molecule has 1 atom stereocenters. The van der Waals surface area contributed by atoms with Gasteiger partial charge in [0.1, 0.15) is 11.3 Å². The van der Waals surface area contributed by atoms with Crippen LogP contribution in [-0.4, -0.2) is 38.2 Å². The van der Waals surface area contributed by atoms with Gasteiger partial charge in [-0.15, -0.1) is 0 Å². The van der Waals surface area contributed by atoms with E-state index in [-0.39, 0.29) is 11.3 Å². The van der Waals surface area contributed by atoms with Gasteiger partial charge < -0.3 is 15.0 Å². The second-order valence-corrected chi connectivity index (χ2v) is 7.13. The molecule has 2 aromatic rings. The van der Waals surface area contributed by atoms with Gasteiger partial charge in [-0.2, -0.15) is 0 Å². The second-order valence-electron chi connectivity index (χ2n) is 5.20. The number of benzene rings is 1. The summed E-state index contributed by atoms with van der Waals surface area (Å²) in [5.74, 6) is -0.219. The fraction of sp³-hybridized carbons (Fsp3) is 0.200. The first kappa shape index (κ1) is 15.3. The van der Waals surface area contributed by atoms with Gasteiger partial charge in [0.05, 0.1) is 24.4 Å². The molecule has 0 bridgehead atoms. The Morgan fingerprint density at radius 3 is 2.78 bits per heavy atom. The molecule has 2 heterocycles. The molecule has 0 fully saturated rings. The lowest BCUT2D eigenvalue weighted by Gasteiger charge is -2.10. The van der Waals surface area contributed by atoms with Crippen molar-refractivity contribution in [3.63, 3.8) is 0 Å². The number of pyridine rings is 1. The van der Waals surface area contributed by atoms with E-state index in [0.29, 0.717) is 16.7 Å². The quantitative estimate of drug-likeness (QED) is 0.854. The minimum atomic E-state index is -3.27. The van der Waals surface area contributed by atoms with E-state index in [0.717, 1.165) is 5.41 Å². The molecule has 0 saturated heterocycles. The summed E-state index contributed by atoms with van der Waals surface area (Å²) >= 11 is 0. The van der Waals surface area contributed by atoms with Crippen LogP contribution in [0.25, 0.3) is 10.9 Å². The van der Waals surface area contributed by atoms with Crippen molar-refractivity contribution in [3.05, 3.63) is 51.7 Å². The van der Waals surface area contributed by atoms with Crippen LogP contribution in [0.4, 0.5) is 0 Å². The highest BCUT2D eigenvalue weighted by Gasteiger charge is 2.24. The highest BCUT2D eigenvalue weighted by Crippen LogP contribution is 2.18. The van der Waals surface area contributed by atoms with Crippen LogP contribution in [0.1, 0.15) is 10.4 Å². The molecule has 2 N–H and O–H groups in total. The van der Waals surface area contributed by atoms with Crippen LogP contribution < -0.4 is 15.6 Å². The number of carbonyl (C=O) groups excluding carboxylic acids is 1. The third kappa shape index (κ3) is 3.11. The number of amides is 1. The average molecular weight is 334 g/mol. The molecule has 0 radical (unpaired) electrons. The highest BCUT2D eigenvalue weighted by molar-refractivity contribution is 7.94. The lowest BCUT2D eigenvalue weighted by atomic mass is 10.1. The number of nitrogens with one attached hydrogen (secondary N) is 2. The van der Waals surface area contributed by atoms with E-state index in [2.05, 4.69) is 10.3 Å². The van der Waals surface area contributed by atoms with E-state index in [1.165, 1.54) is 19.3 Å². The van der Waals surface area contributed by atoms with Gasteiger partial charge >= 0.3 is 0 Å². The first-order chi connectivity index (χ1) is 10.9. The van der Waals surface area contributed by atoms with Crippen molar-refractivity contribution < 1.29 is 17.9 Å². The number of H-pyrrole nitrogens is 1. The molecule has 0 aliphatic carbocycles. The number of ether oxygens (including phenoxy) is 1. The summed E-state index contributed by atoms with van der Waals surface area (Å²) in [5, 5.41) is 4.27. The molecule has 7 nitrogen and oxygen atoms in total. The van der Waals surface area contributed by atoms with E-state index in [9.17, 15) is 18.0 Å². The minimum Gasteiger partial charge on any atom is -0.497 e. The molecule has 3 rings (SSSR count). The monoisotopic (exact) mass is 334 g/mol. The van der Waals surface area contributed by atoms with Gasteiger partial charge in [0.15, 0.2) is 9.84 Å². The summed E-state index contributed by atoms with van der Waals surface area (Å²) in [7, 11) is -1.75. The van der Waals surface area contributed by atoms with Crippen LogP contribution in [0.15, 0.2) is 40.5 Å². The first-order valence-corrected chi connectivity index (χ1v) is 8.52. The fourth-order valence-electron chi connectivity index (χ4n) is 2.39. The Bertz CT molecular complexity index is 975. The normalized spacial score (nSPS) is 18.9. The minimum absolute atomic E-state index is 0.0691. The number of aromatic nitrogens is 1. The zero-order valence-corrected chi connectivity index (χ0v) is 13.0. The molecule has 0 unspecified atom stereocenters. The lowest BCUT2D eigenvalue weighted by Crippen LogP contribution is -2.38. The largest absolute Gasteiger partial charge is 0.497 e. The predicted octanol–water partition coefficient (Wildman–Crippen LogP) is 0.577. The van der Waals surface area contributed by atoms with E-state index < -0.39 is 27.3 Å². The van der Waals surface area contributed by atoms with Crippen LogP contribution in [0, 0.1) is 0 Å². The molecule has 1 aliphatic rings. The summed E-state index contributed by atoms with van der Waals surface area (Å²) in [6.45, 7) is 0. The van der Waals surface area contributed by atoms with Gasteiger partial charge in [-0.05, 0) is 29.7 Å². The number of carbonyl (C=O) groups is 1. The van der Waals surface area contributed by atoms with Crippen LogP contribution in [-0.2, 0) is 9.84 Å². The van der Waals surface area contributed by atoms with Gasteiger partial charge in [0.2, 0.25) is 0 Å². The number of rotatable bonds is 3. The zero-order chi connectivity index (χ0) is 16.6. The van der Waals surface area contributed by atoms with E-state index in [4.69, 9.17) is 4.74 Å². The van der Waals surface area contributed by atoms with Gasteiger partial charge in [0, 0.05) is 11.5 Å². The number of sulfone groups is 1. The van der Waals surface area contributed by atoms with Crippen molar-refractivity contribution in [2.45, 2.75) is 6.04 Å². The first-order valence-electron chi connectivity index (χ1n) is 6.81. The Kier molecular flexibility index (Phi) is 3.69. The van der Waals surface area contributed by atoms with Crippen molar-refractivity contribution in [2.24, 2.45) is 0 Å². The summed E-state index contributed by atoms with van der Waals surface area (Å²) in [5.41, 5.74) is -0.0670. The summed E-state index contributed by atoms with van der Waals surface area (Å²) in [6.07, 6.45) is 1.40. The Hall–Kier alpha value is -2.61. The molecule has 1 aliphatic heterocycles. The fourth-order valence-corrected chi connectivity index (χ4v) is 3.62. The maximum atomic E-state index is 12.2. The van der Waals surface area contributed by atoms with Crippen molar-refractivity contribution in [1.82, 2.24) is 10.3 Å². The van der Waals surface area contributed by atoms with E-state index in [1.807, 2.05) is 0 Å². The van der Waals surface area contributed by atoms with Gasteiger partial charge in [-0.3, -0.25) is 9.59 Å². The molecule has 1 aromatic carbocycles. The maximum absolute atomic E-state index is 12.2. The molecule has 0 spiro atoms. The molecule has 23 heavy (non-hydrogen) atoms. The van der Waals surface area contributed by atoms with Crippen LogP contribution in [0.3, 0.4) is 0 Å². The second kappa shape index (κ2) is 5.54. The van der Waals surface area contributed by atoms with E-state index >= 15 is 0 Å². The predicted molar refractivity (Wildman–Crippen MR) is 85.3 cm³/mol. The number of fused-ring (bicyclic) bond motifs is 1. The molecule has 0 saturated carbocycles. The third-order valence-corrected chi connectivity index (χ3v) is 4.94. The van der Waals surface area contributed by atoms with Crippen molar-refractivity contribution in [1.29, 1.82) is 0 Å². The SMILES string of the molecule is COc1ccc2cc(C(=O)N[C@@H]3C=CS(=O)(=O)C3)c(=O)[nH]c2c1. The molecule has 1 amide bonds. The zero-order valence-electron chi connectivity index (χ0n) is 12.2. The number of aromatic amines is 1. The molecule has 1 aromatic heterocycles. The Labute approximate surface area is 131 Å².